The summed E-state index contributed by atoms with van der Waals surface area (Å²) in [5, 5.41) is 5.16. The second-order valence-corrected chi connectivity index (χ2v) is 6.63. The average molecular weight is 299 g/mol. The molecule has 4 N–H and O–H groups in total. The van der Waals surface area contributed by atoms with Crippen molar-refractivity contribution < 1.29 is 13.2 Å². The standard InChI is InChI=1S/C13H21N3O3S/c1-16(9-10-5-2-3-8-19-10)11-6-4-7-12(13(11)14)20(15,17)18/h4,6-7,10H,2-3,5,8-9,14H2,1H3,(H2,15,17,18). The van der Waals surface area contributed by atoms with Gasteiger partial charge >= 0.3 is 0 Å². The summed E-state index contributed by atoms with van der Waals surface area (Å²) in [5.41, 5.74) is 6.78. The van der Waals surface area contributed by atoms with Crippen molar-refractivity contribution in [1.82, 2.24) is 0 Å². The Morgan fingerprint density at radius 1 is 1.40 bits per heavy atom. The molecule has 1 heterocycles. The largest absolute Gasteiger partial charge is 0.396 e. The average Bonchev–Trinajstić information content (AvgIpc) is 2.38. The Kier molecular flexibility index (Phi) is 4.52. The second-order valence-electron chi connectivity index (χ2n) is 5.10. The van der Waals surface area contributed by atoms with Crippen LogP contribution in [0.15, 0.2) is 23.1 Å². The molecule has 7 heteroatoms. The van der Waals surface area contributed by atoms with Crippen LogP contribution in [0.3, 0.4) is 0 Å². The van der Waals surface area contributed by atoms with E-state index in [1.165, 1.54) is 6.07 Å². The summed E-state index contributed by atoms with van der Waals surface area (Å²) >= 11 is 0. The molecular formula is C13H21N3O3S. The molecule has 1 atom stereocenters. The smallest absolute Gasteiger partial charge is 0.240 e. The Morgan fingerprint density at radius 2 is 2.15 bits per heavy atom. The Bertz CT molecular complexity index is 568. The van der Waals surface area contributed by atoms with Crippen molar-refractivity contribution in [2.24, 2.45) is 5.14 Å². The number of likely N-dealkylation sites (N-methyl/N-ethyl adjacent to an activating group) is 1. The fourth-order valence-corrected chi connectivity index (χ4v) is 3.15. The molecule has 6 nitrogen and oxygen atoms in total. The highest BCUT2D eigenvalue weighted by molar-refractivity contribution is 7.89. The predicted molar refractivity (Wildman–Crippen MR) is 79.1 cm³/mol. The monoisotopic (exact) mass is 299 g/mol. The highest BCUT2D eigenvalue weighted by Crippen LogP contribution is 2.29. The number of anilines is 2. The molecule has 0 bridgehead atoms. The Labute approximate surface area is 119 Å². The zero-order valence-electron chi connectivity index (χ0n) is 11.6. The number of benzene rings is 1. The van der Waals surface area contributed by atoms with E-state index in [2.05, 4.69) is 0 Å². The van der Waals surface area contributed by atoms with Crippen molar-refractivity contribution in [1.29, 1.82) is 0 Å². The van der Waals surface area contributed by atoms with E-state index in [4.69, 9.17) is 15.6 Å². The lowest BCUT2D eigenvalue weighted by Crippen LogP contribution is -2.33. The van der Waals surface area contributed by atoms with Crippen molar-refractivity contribution in [2.75, 3.05) is 30.8 Å². The highest BCUT2D eigenvalue weighted by Gasteiger charge is 2.20. The zero-order valence-corrected chi connectivity index (χ0v) is 12.4. The van der Waals surface area contributed by atoms with Crippen molar-refractivity contribution in [3.63, 3.8) is 0 Å². The molecule has 1 aliphatic rings. The van der Waals surface area contributed by atoms with Crippen LogP contribution in [0.25, 0.3) is 0 Å². The van der Waals surface area contributed by atoms with Gasteiger partial charge in [-0.1, -0.05) is 6.07 Å². The van der Waals surface area contributed by atoms with Crippen LogP contribution in [0.5, 0.6) is 0 Å². The number of ether oxygens (including phenoxy) is 1. The molecule has 0 amide bonds. The van der Waals surface area contributed by atoms with E-state index < -0.39 is 10.0 Å². The minimum atomic E-state index is -3.81. The van der Waals surface area contributed by atoms with Gasteiger partial charge in [-0.3, -0.25) is 0 Å². The van der Waals surface area contributed by atoms with Crippen LogP contribution in [0.1, 0.15) is 19.3 Å². The van der Waals surface area contributed by atoms with Crippen LogP contribution in [0.4, 0.5) is 11.4 Å². The van der Waals surface area contributed by atoms with Gasteiger partial charge in [-0.05, 0) is 31.4 Å². The Morgan fingerprint density at radius 3 is 2.75 bits per heavy atom. The first-order valence-corrected chi connectivity index (χ1v) is 8.18. The summed E-state index contributed by atoms with van der Waals surface area (Å²) in [6, 6.07) is 4.84. The number of nitrogens with zero attached hydrogens (tertiary/aromatic N) is 1. The number of hydrogen-bond donors (Lipinski definition) is 2. The van der Waals surface area contributed by atoms with Crippen molar-refractivity contribution in [2.45, 2.75) is 30.3 Å². The molecule has 2 rings (SSSR count). The molecule has 0 aromatic heterocycles. The molecule has 1 fully saturated rings. The van der Waals surface area contributed by atoms with E-state index in [1.807, 2.05) is 11.9 Å². The number of rotatable bonds is 4. The van der Waals surface area contributed by atoms with E-state index in [9.17, 15) is 8.42 Å². The molecule has 0 spiro atoms. The third-order valence-electron chi connectivity index (χ3n) is 3.51. The van der Waals surface area contributed by atoms with Gasteiger partial charge in [0, 0.05) is 20.2 Å². The Balaban J connectivity index is 2.19. The molecule has 0 radical (unpaired) electrons. The summed E-state index contributed by atoms with van der Waals surface area (Å²) in [4.78, 5) is 1.88. The van der Waals surface area contributed by atoms with Crippen LogP contribution >= 0.6 is 0 Å². The lowest BCUT2D eigenvalue weighted by atomic mass is 10.1. The first-order chi connectivity index (χ1) is 9.39. The second kappa shape index (κ2) is 5.99. The third kappa shape index (κ3) is 3.41. The number of para-hydroxylation sites is 1. The van der Waals surface area contributed by atoms with Gasteiger partial charge in [-0.15, -0.1) is 0 Å². The molecule has 0 saturated carbocycles. The van der Waals surface area contributed by atoms with Gasteiger partial charge in [0.15, 0.2) is 0 Å². The maximum absolute atomic E-state index is 11.5. The molecule has 1 aromatic carbocycles. The highest BCUT2D eigenvalue weighted by atomic mass is 32.2. The maximum atomic E-state index is 11.5. The first kappa shape index (κ1) is 15.1. The van der Waals surface area contributed by atoms with Gasteiger partial charge in [0.2, 0.25) is 10.0 Å². The quantitative estimate of drug-likeness (QED) is 0.806. The van der Waals surface area contributed by atoms with E-state index >= 15 is 0 Å². The van der Waals surface area contributed by atoms with Gasteiger partial charge in [0.25, 0.3) is 0 Å². The van der Waals surface area contributed by atoms with Gasteiger partial charge in [-0.2, -0.15) is 0 Å². The van der Waals surface area contributed by atoms with Gasteiger partial charge in [0.1, 0.15) is 4.90 Å². The van der Waals surface area contributed by atoms with Crippen LogP contribution in [-0.2, 0) is 14.8 Å². The summed E-state index contributed by atoms with van der Waals surface area (Å²) in [6.45, 7) is 1.46. The van der Waals surface area contributed by atoms with Crippen LogP contribution < -0.4 is 15.8 Å². The van der Waals surface area contributed by atoms with E-state index in [1.54, 1.807) is 12.1 Å². The predicted octanol–water partition coefficient (Wildman–Crippen LogP) is 0.921. The van der Waals surface area contributed by atoms with Gasteiger partial charge < -0.3 is 15.4 Å². The summed E-state index contributed by atoms with van der Waals surface area (Å²) in [6.07, 6.45) is 3.43. The number of sulfonamides is 1. The van der Waals surface area contributed by atoms with Crippen LogP contribution in [0.2, 0.25) is 0 Å². The Hall–Kier alpha value is -1.31. The van der Waals surface area contributed by atoms with Gasteiger partial charge in [0.05, 0.1) is 17.5 Å². The first-order valence-electron chi connectivity index (χ1n) is 6.63. The molecule has 1 aromatic rings. The minimum absolute atomic E-state index is 0.0357. The normalized spacial score (nSPS) is 19.8. The molecule has 20 heavy (non-hydrogen) atoms. The van der Waals surface area contributed by atoms with E-state index in [0.29, 0.717) is 12.2 Å². The summed E-state index contributed by atoms with van der Waals surface area (Å²) < 4.78 is 28.6. The minimum Gasteiger partial charge on any atom is -0.396 e. The SMILES string of the molecule is CN(CC1CCCCO1)c1cccc(S(N)(=O)=O)c1N. The zero-order chi connectivity index (χ0) is 14.8. The molecular weight excluding hydrogens is 278 g/mol. The van der Waals surface area contributed by atoms with E-state index in [0.717, 1.165) is 25.9 Å². The van der Waals surface area contributed by atoms with Crippen molar-refractivity contribution >= 4 is 21.4 Å². The molecule has 1 aliphatic heterocycles. The van der Waals surface area contributed by atoms with Gasteiger partial charge in [-0.25, -0.2) is 13.6 Å². The fraction of sp³-hybridized carbons (Fsp3) is 0.538. The lowest BCUT2D eigenvalue weighted by molar-refractivity contribution is 0.0216. The number of primary sulfonamides is 1. The molecule has 1 saturated heterocycles. The van der Waals surface area contributed by atoms with Crippen molar-refractivity contribution in [3.05, 3.63) is 18.2 Å². The number of hydrogen-bond acceptors (Lipinski definition) is 5. The van der Waals surface area contributed by atoms with Crippen molar-refractivity contribution in [3.8, 4) is 0 Å². The summed E-state index contributed by atoms with van der Waals surface area (Å²) in [5.74, 6) is 0. The molecule has 112 valence electrons. The summed E-state index contributed by atoms with van der Waals surface area (Å²) in [7, 11) is -1.93. The van der Waals surface area contributed by atoms with Crippen LogP contribution in [-0.4, -0.2) is 34.7 Å². The molecule has 1 unspecified atom stereocenters. The van der Waals surface area contributed by atoms with Crippen LogP contribution in [0, 0.1) is 0 Å². The number of nitrogens with two attached hydrogens (primary N) is 2. The maximum Gasteiger partial charge on any atom is 0.240 e. The third-order valence-corrected chi connectivity index (χ3v) is 4.48. The number of nitrogen functional groups attached to an aromatic ring is 1. The lowest BCUT2D eigenvalue weighted by Gasteiger charge is -2.29. The molecule has 0 aliphatic carbocycles. The topological polar surface area (TPSA) is 98.6 Å². The van der Waals surface area contributed by atoms with E-state index in [-0.39, 0.29) is 16.7 Å². The fourth-order valence-electron chi connectivity index (χ4n) is 2.47.